The maximum absolute atomic E-state index is 11.5. The van der Waals surface area contributed by atoms with Gasteiger partial charge in [-0.25, -0.2) is 4.98 Å². The Hall–Kier alpha value is -1.55. The van der Waals surface area contributed by atoms with Crippen LogP contribution in [0.3, 0.4) is 0 Å². The van der Waals surface area contributed by atoms with Gasteiger partial charge in [0.25, 0.3) is 0 Å². The van der Waals surface area contributed by atoms with Gasteiger partial charge in [-0.2, -0.15) is 0 Å². The third-order valence-corrected chi connectivity index (χ3v) is 2.99. The lowest BCUT2D eigenvalue weighted by molar-refractivity contribution is -0.121. The van der Waals surface area contributed by atoms with E-state index in [1.807, 2.05) is 42.8 Å². The van der Waals surface area contributed by atoms with E-state index < -0.39 is 0 Å². The third-order valence-electron chi connectivity index (χ3n) is 2.76. The number of halogens is 1. The van der Waals surface area contributed by atoms with Crippen molar-refractivity contribution in [2.75, 3.05) is 6.54 Å². The Morgan fingerprint density at radius 1 is 1.42 bits per heavy atom. The molecule has 0 aliphatic carbocycles. The van der Waals surface area contributed by atoms with E-state index in [0.29, 0.717) is 23.9 Å². The number of nitrogens with one attached hydrogen (secondary N) is 1. The fraction of sp³-hybridized carbons (Fsp3) is 0.429. The van der Waals surface area contributed by atoms with E-state index in [-0.39, 0.29) is 5.91 Å². The number of pyridine rings is 1. The van der Waals surface area contributed by atoms with Crippen molar-refractivity contribution < 1.29 is 4.79 Å². The topological polar surface area (TPSA) is 46.4 Å². The second-order valence-corrected chi connectivity index (χ2v) is 5.48. The molecular formula is C14H18ClN3O. The van der Waals surface area contributed by atoms with Crippen LogP contribution < -0.4 is 5.32 Å². The number of amides is 1. The quantitative estimate of drug-likeness (QED) is 0.915. The monoisotopic (exact) mass is 279 g/mol. The largest absolute Gasteiger partial charge is 0.356 e. The van der Waals surface area contributed by atoms with Crippen LogP contribution >= 0.6 is 11.6 Å². The number of imidazole rings is 1. The molecule has 0 saturated carbocycles. The van der Waals surface area contributed by atoms with Crippen LogP contribution in [0.2, 0.25) is 5.02 Å². The molecule has 0 bridgehead atoms. The van der Waals surface area contributed by atoms with Crippen LogP contribution in [-0.2, 0) is 11.2 Å². The van der Waals surface area contributed by atoms with Gasteiger partial charge < -0.3 is 9.72 Å². The number of fused-ring (bicyclic) bond motifs is 1. The van der Waals surface area contributed by atoms with Crippen molar-refractivity contribution in [2.24, 2.45) is 5.92 Å². The number of rotatable bonds is 5. The molecule has 0 spiro atoms. The van der Waals surface area contributed by atoms with Crippen molar-refractivity contribution in [3.8, 4) is 0 Å². The van der Waals surface area contributed by atoms with Crippen molar-refractivity contribution in [1.82, 2.24) is 14.7 Å². The Morgan fingerprint density at radius 2 is 2.21 bits per heavy atom. The second kappa shape index (κ2) is 6.06. The summed E-state index contributed by atoms with van der Waals surface area (Å²) in [6.45, 7) is 4.68. The van der Waals surface area contributed by atoms with Gasteiger partial charge in [0.05, 0.1) is 10.7 Å². The lowest BCUT2D eigenvalue weighted by Crippen LogP contribution is -2.26. The number of nitrogens with zero attached hydrogens (tertiary/aromatic N) is 2. The molecule has 0 aromatic carbocycles. The number of hydrogen-bond acceptors (Lipinski definition) is 2. The van der Waals surface area contributed by atoms with Gasteiger partial charge in [-0.15, -0.1) is 0 Å². The van der Waals surface area contributed by atoms with Crippen LogP contribution in [0.25, 0.3) is 5.65 Å². The summed E-state index contributed by atoms with van der Waals surface area (Å²) in [6, 6.07) is 3.70. The smallest absolute Gasteiger partial charge is 0.220 e. The van der Waals surface area contributed by atoms with E-state index in [1.165, 1.54) is 0 Å². The van der Waals surface area contributed by atoms with Crippen molar-refractivity contribution in [1.29, 1.82) is 0 Å². The first-order chi connectivity index (χ1) is 9.04. The molecule has 1 amide bonds. The lowest BCUT2D eigenvalue weighted by atomic mass is 10.1. The van der Waals surface area contributed by atoms with E-state index in [4.69, 9.17) is 11.6 Å². The molecule has 2 aromatic heterocycles. The first-order valence-electron chi connectivity index (χ1n) is 6.44. The normalized spacial score (nSPS) is 11.2. The third kappa shape index (κ3) is 3.96. The summed E-state index contributed by atoms with van der Waals surface area (Å²) in [6.07, 6.45) is 5.06. The van der Waals surface area contributed by atoms with Crippen molar-refractivity contribution >= 4 is 23.2 Å². The number of hydrogen-bond donors (Lipinski definition) is 1. The fourth-order valence-electron chi connectivity index (χ4n) is 1.91. The van der Waals surface area contributed by atoms with Gasteiger partial charge in [-0.3, -0.25) is 4.79 Å². The number of aromatic nitrogens is 2. The zero-order chi connectivity index (χ0) is 13.8. The highest BCUT2D eigenvalue weighted by Crippen LogP contribution is 2.11. The fourth-order valence-corrected chi connectivity index (χ4v) is 2.08. The van der Waals surface area contributed by atoms with E-state index >= 15 is 0 Å². The molecule has 102 valence electrons. The first kappa shape index (κ1) is 13.9. The Bertz CT molecular complexity index is 577. The summed E-state index contributed by atoms with van der Waals surface area (Å²) in [4.78, 5) is 16.0. The van der Waals surface area contributed by atoms with Crippen LogP contribution in [0.5, 0.6) is 0 Å². The van der Waals surface area contributed by atoms with Crippen LogP contribution in [0.4, 0.5) is 0 Å². The lowest BCUT2D eigenvalue weighted by Gasteiger charge is -2.05. The van der Waals surface area contributed by atoms with Crippen LogP contribution in [-0.4, -0.2) is 21.8 Å². The Labute approximate surface area is 117 Å². The number of carbonyl (C=O) groups is 1. The average Bonchev–Trinajstić information content (AvgIpc) is 2.69. The van der Waals surface area contributed by atoms with Crippen LogP contribution in [0.15, 0.2) is 24.5 Å². The van der Waals surface area contributed by atoms with Crippen molar-refractivity contribution in [3.05, 3.63) is 35.2 Å². The molecule has 19 heavy (non-hydrogen) atoms. The standard InChI is InChI=1S/C14H18ClN3O/c1-10(2)7-14(19)16-6-5-12-9-18-8-11(15)3-4-13(18)17-12/h3-4,8-10H,5-7H2,1-2H3,(H,16,19). The van der Waals surface area contributed by atoms with E-state index in [1.54, 1.807) is 0 Å². The highest BCUT2D eigenvalue weighted by molar-refractivity contribution is 6.30. The van der Waals surface area contributed by atoms with Gasteiger partial charge in [0.1, 0.15) is 5.65 Å². The predicted molar refractivity (Wildman–Crippen MR) is 76.4 cm³/mol. The molecular weight excluding hydrogens is 262 g/mol. The van der Waals surface area contributed by atoms with E-state index in [2.05, 4.69) is 10.3 Å². The zero-order valence-electron chi connectivity index (χ0n) is 11.2. The van der Waals surface area contributed by atoms with Gasteiger partial charge in [0, 0.05) is 31.8 Å². The minimum Gasteiger partial charge on any atom is -0.356 e. The average molecular weight is 280 g/mol. The van der Waals surface area contributed by atoms with E-state index in [0.717, 1.165) is 17.8 Å². The molecule has 2 aromatic rings. The van der Waals surface area contributed by atoms with E-state index in [9.17, 15) is 4.79 Å². The molecule has 2 heterocycles. The minimum absolute atomic E-state index is 0.0989. The maximum Gasteiger partial charge on any atom is 0.220 e. The highest BCUT2D eigenvalue weighted by atomic mass is 35.5. The molecule has 0 radical (unpaired) electrons. The summed E-state index contributed by atoms with van der Waals surface area (Å²) < 4.78 is 1.90. The summed E-state index contributed by atoms with van der Waals surface area (Å²) in [5.41, 5.74) is 1.82. The van der Waals surface area contributed by atoms with Gasteiger partial charge in [0.15, 0.2) is 0 Å². The Morgan fingerprint density at radius 3 is 2.95 bits per heavy atom. The molecule has 0 unspecified atom stereocenters. The molecule has 0 fully saturated rings. The van der Waals surface area contributed by atoms with Crippen molar-refractivity contribution in [3.63, 3.8) is 0 Å². The van der Waals surface area contributed by atoms with Gasteiger partial charge in [-0.05, 0) is 18.1 Å². The van der Waals surface area contributed by atoms with Gasteiger partial charge >= 0.3 is 0 Å². The summed E-state index contributed by atoms with van der Waals surface area (Å²) in [5.74, 6) is 0.485. The molecule has 0 aliphatic heterocycles. The van der Waals surface area contributed by atoms with Crippen LogP contribution in [0.1, 0.15) is 26.0 Å². The minimum atomic E-state index is 0.0989. The maximum atomic E-state index is 11.5. The zero-order valence-corrected chi connectivity index (χ0v) is 11.9. The van der Waals surface area contributed by atoms with Crippen LogP contribution in [0, 0.1) is 5.92 Å². The molecule has 0 atom stereocenters. The van der Waals surface area contributed by atoms with Gasteiger partial charge in [-0.1, -0.05) is 25.4 Å². The summed E-state index contributed by atoms with van der Waals surface area (Å²) in [5, 5.41) is 3.59. The summed E-state index contributed by atoms with van der Waals surface area (Å²) in [7, 11) is 0. The molecule has 1 N–H and O–H groups in total. The SMILES string of the molecule is CC(C)CC(=O)NCCc1cn2cc(Cl)ccc2n1. The first-order valence-corrected chi connectivity index (χ1v) is 6.82. The Kier molecular flexibility index (Phi) is 4.43. The molecule has 5 heteroatoms. The molecule has 0 saturated heterocycles. The number of carbonyl (C=O) groups excluding carboxylic acids is 1. The molecule has 4 nitrogen and oxygen atoms in total. The highest BCUT2D eigenvalue weighted by Gasteiger charge is 2.05. The molecule has 0 aliphatic rings. The van der Waals surface area contributed by atoms with Crippen molar-refractivity contribution in [2.45, 2.75) is 26.7 Å². The summed E-state index contributed by atoms with van der Waals surface area (Å²) >= 11 is 5.92. The predicted octanol–water partition coefficient (Wildman–Crippen LogP) is 2.69. The Balaban J connectivity index is 1.89. The second-order valence-electron chi connectivity index (χ2n) is 5.04. The van der Waals surface area contributed by atoms with Gasteiger partial charge in [0.2, 0.25) is 5.91 Å². The molecule has 2 rings (SSSR count).